The number of rotatable bonds is 4. The van der Waals surface area contributed by atoms with E-state index in [1.165, 1.54) is 15.8 Å². The van der Waals surface area contributed by atoms with E-state index in [1.807, 2.05) is 6.07 Å². The molecule has 0 spiro atoms. The molecular weight excluding hydrogens is 276 g/mol. The van der Waals surface area contributed by atoms with Gasteiger partial charge in [0, 0.05) is 21.7 Å². The fraction of sp³-hybridized carbons (Fsp3) is 0.474. The molecule has 2 aromatic rings. The van der Waals surface area contributed by atoms with Gasteiger partial charge in [0.05, 0.1) is 0 Å². The molecule has 1 nitrogen and oxygen atoms in total. The summed E-state index contributed by atoms with van der Waals surface area (Å²) in [6.45, 7) is 13.6. The van der Waals surface area contributed by atoms with Crippen LogP contribution in [0.5, 0.6) is 5.75 Å². The molecule has 0 aliphatic heterocycles. The summed E-state index contributed by atoms with van der Waals surface area (Å²) in [6.07, 6.45) is 0. The van der Waals surface area contributed by atoms with Crippen LogP contribution in [0.4, 0.5) is 0 Å². The van der Waals surface area contributed by atoms with E-state index in [2.05, 4.69) is 59.7 Å². The van der Waals surface area contributed by atoms with Gasteiger partial charge in [-0.3, -0.25) is 0 Å². The lowest BCUT2D eigenvalue weighted by Crippen LogP contribution is -2.24. The zero-order valence-corrected chi connectivity index (χ0v) is 14.8. The molecule has 2 heteroatoms. The van der Waals surface area contributed by atoms with E-state index in [-0.39, 0.29) is 10.9 Å². The molecule has 0 unspecified atom stereocenters. The lowest BCUT2D eigenvalue weighted by atomic mass is 9.95. The zero-order chi connectivity index (χ0) is 15.7. The van der Waals surface area contributed by atoms with Crippen LogP contribution in [0.2, 0.25) is 0 Å². The number of hydrogen-bond acceptors (Lipinski definition) is 1. The van der Waals surface area contributed by atoms with Crippen LogP contribution in [0.3, 0.4) is 0 Å². The lowest BCUT2D eigenvalue weighted by molar-refractivity contribution is 0.481. The van der Waals surface area contributed by atoms with Crippen molar-refractivity contribution < 1.29 is 5.11 Å². The number of hydrogen-bond donors (Lipinski definition) is 1. The van der Waals surface area contributed by atoms with E-state index in [9.17, 15) is 5.11 Å². The van der Waals surface area contributed by atoms with Crippen LogP contribution in [-0.4, -0.2) is 15.6 Å². The molecule has 0 fully saturated rings. The normalized spacial score (nSPS) is 12.3. The molecular formula is C19H27OS+. The van der Waals surface area contributed by atoms with Gasteiger partial charge in [-0.1, -0.05) is 26.0 Å². The van der Waals surface area contributed by atoms with Crippen molar-refractivity contribution in [2.45, 2.75) is 62.9 Å². The Balaban J connectivity index is 2.78. The van der Waals surface area contributed by atoms with Gasteiger partial charge in [-0.25, -0.2) is 0 Å². The van der Waals surface area contributed by atoms with E-state index >= 15 is 0 Å². The van der Waals surface area contributed by atoms with E-state index < -0.39 is 0 Å². The highest BCUT2D eigenvalue weighted by Crippen LogP contribution is 2.38. The topological polar surface area (TPSA) is 20.2 Å². The van der Waals surface area contributed by atoms with Gasteiger partial charge in [-0.15, -0.1) is 0 Å². The molecule has 0 aliphatic rings. The third-order valence-corrected chi connectivity index (χ3v) is 6.80. The van der Waals surface area contributed by atoms with Crippen molar-refractivity contribution in [1.82, 2.24) is 0 Å². The maximum atomic E-state index is 10.4. The highest BCUT2D eigenvalue weighted by Gasteiger charge is 2.32. The minimum atomic E-state index is 0.193. The van der Waals surface area contributed by atoms with E-state index in [4.69, 9.17) is 0 Å². The van der Waals surface area contributed by atoms with Crippen LogP contribution in [0.1, 0.15) is 53.0 Å². The highest BCUT2D eigenvalue weighted by atomic mass is 32.2. The zero-order valence-electron chi connectivity index (χ0n) is 14.0. The smallest absolute Gasteiger partial charge is 0.163 e. The molecule has 0 bridgehead atoms. The fourth-order valence-electron chi connectivity index (χ4n) is 3.13. The molecule has 2 aromatic carbocycles. The van der Waals surface area contributed by atoms with Crippen molar-refractivity contribution in [3.8, 4) is 5.75 Å². The lowest BCUT2D eigenvalue weighted by Gasteiger charge is -2.19. The molecule has 114 valence electrons. The molecule has 0 saturated carbocycles. The molecule has 21 heavy (non-hydrogen) atoms. The molecule has 0 aromatic heterocycles. The van der Waals surface area contributed by atoms with Crippen molar-refractivity contribution in [2.24, 2.45) is 0 Å². The van der Waals surface area contributed by atoms with Crippen LogP contribution in [-0.2, 0) is 10.9 Å². The Labute approximate surface area is 131 Å². The molecule has 2 rings (SSSR count). The molecule has 1 N–H and O–H groups in total. The van der Waals surface area contributed by atoms with Crippen molar-refractivity contribution >= 4 is 21.7 Å². The third-order valence-electron chi connectivity index (χ3n) is 3.90. The first kappa shape index (κ1) is 16.2. The van der Waals surface area contributed by atoms with Crippen LogP contribution < -0.4 is 0 Å². The standard InChI is InChI=1S/C19H26OS/c1-12(2)15-10-11-18(21(13(3)4)14(5)6)16-8-7-9-17(20)19(15)16/h7-14H,1-6H3/p+1. The largest absolute Gasteiger partial charge is 0.507 e. The molecule has 0 heterocycles. The van der Waals surface area contributed by atoms with Crippen molar-refractivity contribution in [3.05, 3.63) is 35.9 Å². The maximum Gasteiger partial charge on any atom is 0.163 e. The number of aromatic hydroxyl groups is 1. The van der Waals surface area contributed by atoms with E-state index in [0.717, 1.165) is 5.39 Å². The first-order chi connectivity index (χ1) is 9.84. The van der Waals surface area contributed by atoms with Gasteiger partial charge in [0.15, 0.2) is 4.90 Å². The Kier molecular flexibility index (Phi) is 4.88. The minimum absolute atomic E-state index is 0.193. The van der Waals surface area contributed by atoms with Gasteiger partial charge in [-0.2, -0.15) is 0 Å². The number of phenolic OH excluding ortho intramolecular Hbond substituents is 1. The van der Waals surface area contributed by atoms with Gasteiger partial charge in [0.25, 0.3) is 0 Å². The van der Waals surface area contributed by atoms with E-state index in [0.29, 0.717) is 22.2 Å². The van der Waals surface area contributed by atoms with E-state index in [1.54, 1.807) is 6.07 Å². The quantitative estimate of drug-likeness (QED) is 0.743. The molecule has 0 aliphatic carbocycles. The maximum absolute atomic E-state index is 10.4. The summed E-state index contributed by atoms with van der Waals surface area (Å²) in [5.74, 6) is 0.823. The van der Waals surface area contributed by atoms with Gasteiger partial charge < -0.3 is 5.11 Å². The van der Waals surface area contributed by atoms with Gasteiger partial charge in [-0.05, 0) is 57.4 Å². The molecule has 0 amide bonds. The summed E-state index contributed by atoms with van der Waals surface area (Å²) in [6, 6.07) is 10.4. The monoisotopic (exact) mass is 303 g/mol. The first-order valence-electron chi connectivity index (χ1n) is 7.81. The summed E-state index contributed by atoms with van der Waals surface area (Å²) in [5, 5.41) is 13.9. The minimum Gasteiger partial charge on any atom is -0.507 e. The second-order valence-electron chi connectivity index (χ2n) is 6.48. The Hall–Kier alpha value is -1.15. The number of phenols is 1. The fourth-order valence-corrected chi connectivity index (χ4v) is 5.88. The van der Waals surface area contributed by atoms with Crippen molar-refractivity contribution in [2.75, 3.05) is 0 Å². The van der Waals surface area contributed by atoms with Crippen LogP contribution in [0, 0.1) is 0 Å². The van der Waals surface area contributed by atoms with Crippen LogP contribution in [0.15, 0.2) is 35.2 Å². The third kappa shape index (κ3) is 3.06. The summed E-state index contributed by atoms with van der Waals surface area (Å²) < 4.78 is 0. The average Bonchev–Trinajstić information content (AvgIpc) is 2.38. The van der Waals surface area contributed by atoms with Crippen LogP contribution >= 0.6 is 0 Å². The summed E-state index contributed by atoms with van der Waals surface area (Å²) in [5.41, 5.74) is 1.24. The number of benzene rings is 2. The van der Waals surface area contributed by atoms with Gasteiger partial charge >= 0.3 is 0 Å². The Morgan fingerprint density at radius 1 is 0.857 bits per heavy atom. The van der Waals surface area contributed by atoms with Gasteiger partial charge in [0.2, 0.25) is 0 Å². The SMILES string of the molecule is CC(C)c1ccc([S+](C(C)C)C(C)C)c2cccc(O)c12. The Morgan fingerprint density at radius 3 is 2.00 bits per heavy atom. The van der Waals surface area contributed by atoms with Crippen molar-refractivity contribution in [3.63, 3.8) is 0 Å². The molecule has 0 saturated heterocycles. The predicted octanol–water partition coefficient (Wildman–Crippen LogP) is 5.46. The van der Waals surface area contributed by atoms with Crippen molar-refractivity contribution in [1.29, 1.82) is 0 Å². The number of fused-ring (bicyclic) bond motifs is 1. The second kappa shape index (κ2) is 6.31. The molecule has 0 atom stereocenters. The Morgan fingerprint density at radius 2 is 1.48 bits per heavy atom. The highest BCUT2D eigenvalue weighted by molar-refractivity contribution is 7.98. The Bertz CT molecular complexity index is 621. The summed E-state index contributed by atoms with van der Waals surface area (Å²) in [4.78, 5) is 1.40. The first-order valence-corrected chi connectivity index (χ1v) is 9.16. The molecule has 0 radical (unpaired) electrons. The second-order valence-corrected chi connectivity index (χ2v) is 9.55. The summed E-state index contributed by atoms with van der Waals surface area (Å²) >= 11 is 0. The average molecular weight is 303 g/mol. The van der Waals surface area contributed by atoms with Gasteiger partial charge in [0.1, 0.15) is 16.2 Å². The summed E-state index contributed by atoms with van der Waals surface area (Å²) in [7, 11) is 0.193. The predicted molar refractivity (Wildman–Crippen MR) is 95.6 cm³/mol. The van der Waals surface area contributed by atoms with Crippen LogP contribution in [0.25, 0.3) is 10.8 Å².